The molecule has 0 saturated heterocycles. The van der Waals surface area contributed by atoms with E-state index >= 15 is 0 Å². The first kappa shape index (κ1) is 25.0. The Balaban J connectivity index is 1.45. The second-order valence-corrected chi connectivity index (χ2v) is 9.61. The summed E-state index contributed by atoms with van der Waals surface area (Å²) in [5, 5.41) is 0. The molecule has 2 saturated carbocycles. The van der Waals surface area contributed by atoms with Crippen molar-refractivity contribution >= 4 is 0 Å². The molecule has 0 heterocycles. The zero-order chi connectivity index (χ0) is 23.1. The lowest BCUT2D eigenvalue weighted by molar-refractivity contribution is -0.276. The van der Waals surface area contributed by atoms with Gasteiger partial charge in [-0.1, -0.05) is 37.8 Å². The average Bonchev–Trinajstić information content (AvgIpc) is 2.76. The molecule has 0 amide bonds. The molecule has 1 aromatic rings. The highest BCUT2D eigenvalue weighted by atomic mass is 19.4. The van der Waals surface area contributed by atoms with Gasteiger partial charge in [-0.15, -0.1) is 13.2 Å². The highest BCUT2D eigenvalue weighted by molar-refractivity contribution is 5.33. The van der Waals surface area contributed by atoms with Crippen LogP contribution in [0.2, 0.25) is 0 Å². The minimum Gasteiger partial charge on any atom is -0.399 e. The number of ether oxygens (including phenoxy) is 1. The topological polar surface area (TPSA) is 9.23 Å². The first-order chi connectivity index (χ1) is 15.3. The van der Waals surface area contributed by atoms with Gasteiger partial charge in [0.25, 0.3) is 0 Å². The smallest absolute Gasteiger partial charge is 0.399 e. The Morgan fingerprint density at radius 2 is 1.44 bits per heavy atom. The molecular formula is C26H35F5O. The minimum atomic E-state index is -5.12. The lowest BCUT2D eigenvalue weighted by Crippen LogP contribution is -2.25. The van der Waals surface area contributed by atoms with E-state index < -0.39 is 23.7 Å². The first-order valence-electron chi connectivity index (χ1n) is 12.1. The van der Waals surface area contributed by atoms with Crippen LogP contribution in [0.3, 0.4) is 0 Å². The van der Waals surface area contributed by atoms with Gasteiger partial charge in [0.05, 0.1) is 0 Å². The number of hydrogen-bond donors (Lipinski definition) is 0. The molecule has 0 bridgehead atoms. The van der Waals surface area contributed by atoms with Gasteiger partial charge in [-0.25, -0.2) is 8.78 Å². The quantitative estimate of drug-likeness (QED) is 0.214. The van der Waals surface area contributed by atoms with Crippen molar-refractivity contribution in [1.29, 1.82) is 0 Å². The Bertz CT molecular complexity index is 718. The Hall–Kier alpha value is -1.59. The van der Waals surface area contributed by atoms with E-state index in [1.54, 1.807) is 0 Å². The predicted molar refractivity (Wildman–Crippen MR) is 116 cm³/mol. The molecule has 2 aliphatic carbocycles. The molecule has 1 nitrogen and oxygen atoms in total. The van der Waals surface area contributed by atoms with Crippen molar-refractivity contribution in [2.45, 2.75) is 96.3 Å². The van der Waals surface area contributed by atoms with Gasteiger partial charge in [0.2, 0.25) is 5.75 Å². The van der Waals surface area contributed by atoms with Crippen LogP contribution in [0.4, 0.5) is 22.0 Å². The van der Waals surface area contributed by atoms with Gasteiger partial charge in [0.15, 0.2) is 11.6 Å². The average molecular weight is 459 g/mol. The maximum atomic E-state index is 14.1. The molecular weight excluding hydrogens is 423 g/mol. The maximum Gasteiger partial charge on any atom is 0.573 e. The van der Waals surface area contributed by atoms with Crippen LogP contribution in [0, 0.1) is 29.4 Å². The number of halogens is 5. The summed E-state index contributed by atoms with van der Waals surface area (Å²) in [6, 6.07) is 2.02. The van der Waals surface area contributed by atoms with Gasteiger partial charge in [-0.05, 0) is 99.7 Å². The van der Waals surface area contributed by atoms with E-state index in [-0.39, 0.29) is 5.92 Å². The summed E-state index contributed by atoms with van der Waals surface area (Å²) >= 11 is 0. The van der Waals surface area contributed by atoms with E-state index in [2.05, 4.69) is 23.8 Å². The van der Waals surface area contributed by atoms with Crippen LogP contribution < -0.4 is 4.74 Å². The SMILES string of the molecule is C/C=C/CCCCC1CCC(C2CCC(c3cc(F)c(OC(F)(F)F)c(F)c3)CC2)CC1. The lowest BCUT2D eigenvalue weighted by atomic mass is 9.68. The molecule has 0 N–H and O–H groups in total. The van der Waals surface area contributed by atoms with Crippen LogP contribution in [-0.4, -0.2) is 6.36 Å². The Morgan fingerprint density at radius 1 is 0.875 bits per heavy atom. The van der Waals surface area contributed by atoms with Gasteiger partial charge in [0, 0.05) is 0 Å². The van der Waals surface area contributed by atoms with E-state index in [0.29, 0.717) is 11.5 Å². The number of unbranched alkanes of at least 4 members (excludes halogenated alkanes) is 2. The van der Waals surface area contributed by atoms with Crippen molar-refractivity contribution in [3.63, 3.8) is 0 Å². The molecule has 180 valence electrons. The van der Waals surface area contributed by atoms with Crippen molar-refractivity contribution in [1.82, 2.24) is 0 Å². The lowest BCUT2D eigenvalue weighted by Gasteiger charge is -2.38. The highest BCUT2D eigenvalue weighted by Crippen LogP contribution is 2.45. The predicted octanol–water partition coefficient (Wildman–Crippen LogP) is 9.08. The van der Waals surface area contributed by atoms with E-state index in [9.17, 15) is 22.0 Å². The molecule has 2 aliphatic rings. The summed E-state index contributed by atoms with van der Waals surface area (Å²) in [4.78, 5) is 0. The fourth-order valence-electron chi connectivity index (χ4n) is 5.76. The van der Waals surface area contributed by atoms with Crippen molar-refractivity contribution in [3.8, 4) is 5.75 Å². The van der Waals surface area contributed by atoms with Gasteiger partial charge in [-0.2, -0.15) is 0 Å². The monoisotopic (exact) mass is 458 g/mol. The summed E-state index contributed by atoms with van der Waals surface area (Å²) in [5.74, 6) is -1.70. The van der Waals surface area contributed by atoms with Gasteiger partial charge in [0.1, 0.15) is 0 Å². The van der Waals surface area contributed by atoms with E-state index in [0.717, 1.165) is 49.7 Å². The Labute approximate surface area is 188 Å². The van der Waals surface area contributed by atoms with Crippen LogP contribution >= 0.6 is 0 Å². The Kier molecular flexibility index (Phi) is 9.01. The fraction of sp³-hybridized carbons (Fsp3) is 0.692. The maximum absolute atomic E-state index is 14.1. The zero-order valence-electron chi connectivity index (χ0n) is 18.9. The van der Waals surface area contributed by atoms with Gasteiger partial charge < -0.3 is 4.74 Å². The van der Waals surface area contributed by atoms with Gasteiger partial charge in [-0.3, -0.25) is 0 Å². The second-order valence-electron chi connectivity index (χ2n) is 9.61. The largest absolute Gasteiger partial charge is 0.573 e. The van der Waals surface area contributed by atoms with Crippen molar-refractivity contribution in [2.75, 3.05) is 0 Å². The van der Waals surface area contributed by atoms with E-state index in [1.807, 2.05) is 0 Å². The third-order valence-electron chi connectivity index (χ3n) is 7.51. The molecule has 32 heavy (non-hydrogen) atoms. The van der Waals surface area contributed by atoms with E-state index in [1.165, 1.54) is 51.4 Å². The molecule has 3 rings (SSSR count). The van der Waals surface area contributed by atoms with Crippen LogP contribution in [0.1, 0.15) is 95.5 Å². The van der Waals surface area contributed by atoms with Crippen LogP contribution in [0.5, 0.6) is 5.75 Å². The van der Waals surface area contributed by atoms with E-state index in [4.69, 9.17) is 0 Å². The molecule has 0 aromatic heterocycles. The molecule has 6 heteroatoms. The molecule has 0 aliphatic heterocycles. The summed E-state index contributed by atoms with van der Waals surface area (Å²) in [6.45, 7) is 2.06. The van der Waals surface area contributed by atoms with Crippen LogP contribution in [0.15, 0.2) is 24.3 Å². The highest BCUT2D eigenvalue weighted by Gasteiger charge is 2.35. The molecule has 0 atom stereocenters. The summed E-state index contributed by atoms with van der Waals surface area (Å²) < 4.78 is 68.7. The standard InChI is InChI=1S/C26H35F5O/c1-2-3-4-5-6-7-18-8-10-19(11-9-18)20-12-14-21(15-13-20)22-16-23(27)25(24(28)17-22)32-26(29,30)31/h2-3,16-21H,4-15H2,1H3/b3-2+. The molecule has 0 spiro atoms. The summed E-state index contributed by atoms with van der Waals surface area (Å²) in [5.41, 5.74) is 0.439. The number of alkyl halides is 3. The Morgan fingerprint density at radius 3 is 1.97 bits per heavy atom. The van der Waals surface area contributed by atoms with Gasteiger partial charge >= 0.3 is 6.36 Å². The summed E-state index contributed by atoms with van der Waals surface area (Å²) in [6.07, 6.45) is 13.2. The molecule has 0 unspecified atom stereocenters. The first-order valence-corrected chi connectivity index (χ1v) is 12.1. The number of hydrogen-bond acceptors (Lipinski definition) is 1. The molecule has 0 radical (unpaired) electrons. The fourth-order valence-corrected chi connectivity index (χ4v) is 5.76. The zero-order valence-corrected chi connectivity index (χ0v) is 18.9. The molecule has 1 aromatic carbocycles. The van der Waals surface area contributed by atoms with Crippen LogP contribution in [-0.2, 0) is 0 Å². The minimum absolute atomic E-state index is 0.0105. The van der Waals surface area contributed by atoms with Crippen LogP contribution in [0.25, 0.3) is 0 Å². The second kappa shape index (κ2) is 11.5. The number of benzene rings is 1. The third kappa shape index (κ3) is 7.21. The molecule has 2 fully saturated rings. The van der Waals surface area contributed by atoms with Crippen molar-refractivity contribution < 1.29 is 26.7 Å². The number of allylic oxidation sites excluding steroid dienone is 2. The van der Waals surface area contributed by atoms with Crippen molar-refractivity contribution in [3.05, 3.63) is 41.5 Å². The number of rotatable bonds is 8. The normalized spacial score (nSPS) is 27.1. The third-order valence-corrected chi connectivity index (χ3v) is 7.51. The van der Waals surface area contributed by atoms with Crippen molar-refractivity contribution in [2.24, 2.45) is 17.8 Å². The summed E-state index contributed by atoms with van der Waals surface area (Å²) in [7, 11) is 0.